The fourth-order valence-corrected chi connectivity index (χ4v) is 3.71. The van der Waals surface area contributed by atoms with E-state index in [9.17, 15) is 19.5 Å². The minimum Gasteiger partial charge on any atom is -0.478 e. The molecule has 0 unspecified atom stereocenters. The van der Waals surface area contributed by atoms with Gasteiger partial charge in [-0.05, 0) is 37.5 Å². The van der Waals surface area contributed by atoms with Gasteiger partial charge in [0.1, 0.15) is 5.82 Å². The van der Waals surface area contributed by atoms with E-state index in [0.29, 0.717) is 36.6 Å². The Labute approximate surface area is 163 Å². The van der Waals surface area contributed by atoms with Gasteiger partial charge in [-0.15, -0.1) is 0 Å². The third-order valence-electron chi connectivity index (χ3n) is 5.31. The van der Waals surface area contributed by atoms with Crippen molar-refractivity contribution in [1.82, 2.24) is 14.9 Å². The lowest BCUT2D eigenvalue weighted by Crippen LogP contribution is -2.41. The Morgan fingerprint density at radius 3 is 2.82 bits per heavy atom. The van der Waals surface area contributed by atoms with Crippen LogP contribution in [0.5, 0.6) is 0 Å². The minimum absolute atomic E-state index is 0.0278. The summed E-state index contributed by atoms with van der Waals surface area (Å²) in [4.78, 5) is 45.2. The molecule has 28 heavy (non-hydrogen) atoms. The number of nitrogens with zero attached hydrogens (tertiary/aromatic N) is 2. The third kappa shape index (κ3) is 4.30. The second kappa shape index (κ2) is 8.37. The van der Waals surface area contributed by atoms with Crippen LogP contribution in [0.3, 0.4) is 0 Å². The van der Waals surface area contributed by atoms with Crippen molar-refractivity contribution in [2.45, 2.75) is 45.4 Å². The molecule has 2 aromatic rings. The Morgan fingerprint density at radius 1 is 1.36 bits per heavy atom. The molecule has 1 amide bonds. The zero-order chi connectivity index (χ0) is 20.3. The molecule has 2 N–H and O–H groups in total. The highest BCUT2D eigenvalue weighted by Gasteiger charge is 2.26. The van der Waals surface area contributed by atoms with Crippen LogP contribution in [-0.4, -0.2) is 44.9 Å². The summed E-state index contributed by atoms with van der Waals surface area (Å²) in [5.41, 5.74) is 1.94. The molecule has 0 saturated carbocycles. The highest BCUT2D eigenvalue weighted by Crippen LogP contribution is 2.28. The van der Waals surface area contributed by atoms with Crippen LogP contribution in [-0.2, 0) is 17.6 Å². The molecule has 1 saturated heterocycles. The number of benzene rings is 1. The zero-order valence-electron chi connectivity index (χ0n) is 16.2. The molecule has 1 aliphatic heterocycles. The number of nitrogens with one attached hydrogen (secondary N) is 1. The van der Waals surface area contributed by atoms with Gasteiger partial charge in [0.25, 0.3) is 5.56 Å². The average Bonchev–Trinajstić information content (AvgIpc) is 2.70. The van der Waals surface area contributed by atoms with E-state index in [1.807, 2.05) is 13.0 Å². The van der Waals surface area contributed by atoms with E-state index in [2.05, 4.69) is 9.97 Å². The first-order chi connectivity index (χ1) is 13.4. The number of amides is 1. The fraction of sp³-hybridized carbons (Fsp3) is 0.429. The first-order valence-corrected chi connectivity index (χ1v) is 9.58. The molecule has 7 heteroatoms. The zero-order valence-corrected chi connectivity index (χ0v) is 16.2. The second-order valence-electron chi connectivity index (χ2n) is 7.22. The lowest BCUT2D eigenvalue weighted by atomic mass is 9.89. The maximum absolute atomic E-state index is 12.8. The number of H-pyrrole nitrogens is 1. The van der Waals surface area contributed by atoms with E-state index in [4.69, 9.17) is 0 Å². The number of carboxylic acid groups (broad SMARTS) is 1. The number of carbonyl (C=O) groups excluding carboxylic acids is 1. The molecule has 1 atom stereocenters. The molecule has 0 aliphatic carbocycles. The van der Waals surface area contributed by atoms with Crippen LogP contribution < -0.4 is 5.56 Å². The van der Waals surface area contributed by atoms with E-state index in [1.54, 1.807) is 30.0 Å². The van der Waals surface area contributed by atoms with Gasteiger partial charge < -0.3 is 15.0 Å². The van der Waals surface area contributed by atoms with Crippen LogP contribution in [0, 0.1) is 6.92 Å². The Morgan fingerprint density at radius 2 is 2.14 bits per heavy atom. The minimum atomic E-state index is -0.955. The molecule has 3 rings (SSSR count). The van der Waals surface area contributed by atoms with Gasteiger partial charge in [0.05, 0.1) is 12.0 Å². The van der Waals surface area contributed by atoms with Crippen LogP contribution in [0.4, 0.5) is 0 Å². The topological polar surface area (TPSA) is 103 Å². The van der Waals surface area contributed by atoms with Gasteiger partial charge in [0.2, 0.25) is 5.91 Å². The Hall–Kier alpha value is -2.96. The number of rotatable bonds is 5. The smallest absolute Gasteiger partial charge is 0.335 e. The first kappa shape index (κ1) is 19.8. The standard InChI is InChI=1S/C21H25N3O4/c1-3-18-22-13(2)17(20(26)23-18)11-19(25)24-9-5-8-16(12-24)14-6-4-7-15(10-14)21(27)28/h4,6-7,10,16H,3,5,8-9,11-12H2,1-2H3,(H,27,28)(H,22,23,26)/t16-/m1/s1. The first-order valence-electron chi connectivity index (χ1n) is 9.58. The third-order valence-corrected chi connectivity index (χ3v) is 5.31. The number of aromatic carboxylic acids is 1. The number of likely N-dealkylation sites (tertiary alicyclic amines) is 1. The van der Waals surface area contributed by atoms with Crippen LogP contribution in [0.25, 0.3) is 0 Å². The summed E-state index contributed by atoms with van der Waals surface area (Å²) in [5.74, 6) is -0.339. The molecule has 1 aliphatic rings. The molecular formula is C21H25N3O4. The number of hydrogen-bond donors (Lipinski definition) is 2. The normalized spacial score (nSPS) is 16.8. The van der Waals surface area contributed by atoms with Gasteiger partial charge >= 0.3 is 5.97 Å². The summed E-state index contributed by atoms with van der Waals surface area (Å²) in [6, 6.07) is 6.90. The van der Waals surface area contributed by atoms with Gasteiger partial charge in [0, 0.05) is 36.7 Å². The molecule has 0 spiro atoms. The van der Waals surface area contributed by atoms with Crippen molar-refractivity contribution in [3.63, 3.8) is 0 Å². The quantitative estimate of drug-likeness (QED) is 0.824. The van der Waals surface area contributed by atoms with Crippen LogP contribution in [0.1, 0.15) is 58.7 Å². The second-order valence-corrected chi connectivity index (χ2v) is 7.22. The molecule has 2 heterocycles. The number of aromatic amines is 1. The van der Waals surface area contributed by atoms with Gasteiger partial charge in [-0.3, -0.25) is 9.59 Å². The van der Waals surface area contributed by atoms with Crippen molar-refractivity contribution in [3.05, 3.63) is 62.8 Å². The summed E-state index contributed by atoms with van der Waals surface area (Å²) >= 11 is 0. The fourth-order valence-electron chi connectivity index (χ4n) is 3.71. The molecule has 1 fully saturated rings. The van der Waals surface area contributed by atoms with Crippen molar-refractivity contribution in [2.75, 3.05) is 13.1 Å². The van der Waals surface area contributed by atoms with Gasteiger partial charge in [-0.2, -0.15) is 0 Å². The van der Waals surface area contributed by atoms with Crippen molar-refractivity contribution < 1.29 is 14.7 Å². The number of piperidine rings is 1. The highest BCUT2D eigenvalue weighted by atomic mass is 16.4. The van der Waals surface area contributed by atoms with Crippen molar-refractivity contribution in [1.29, 1.82) is 0 Å². The molecule has 1 aromatic heterocycles. The van der Waals surface area contributed by atoms with Crippen molar-refractivity contribution in [2.24, 2.45) is 0 Å². The molecule has 148 valence electrons. The highest BCUT2D eigenvalue weighted by molar-refractivity contribution is 5.87. The number of carbonyl (C=O) groups is 2. The number of carboxylic acids is 1. The number of aromatic nitrogens is 2. The summed E-state index contributed by atoms with van der Waals surface area (Å²) < 4.78 is 0. The summed E-state index contributed by atoms with van der Waals surface area (Å²) in [7, 11) is 0. The predicted octanol–water partition coefficient (Wildman–Crippen LogP) is 2.29. The lowest BCUT2D eigenvalue weighted by molar-refractivity contribution is -0.131. The number of aryl methyl sites for hydroxylation is 2. The molecule has 0 radical (unpaired) electrons. The van der Waals surface area contributed by atoms with Gasteiger partial charge in [0.15, 0.2) is 0 Å². The summed E-state index contributed by atoms with van der Waals surface area (Å²) in [6.45, 7) is 4.84. The van der Waals surface area contributed by atoms with Crippen molar-refractivity contribution >= 4 is 11.9 Å². The molecule has 1 aromatic carbocycles. The predicted molar refractivity (Wildman–Crippen MR) is 105 cm³/mol. The Balaban J connectivity index is 1.74. The van der Waals surface area contributed by atoms with Crippen LogP contribution in [0.15, 0.2) is 29.1 Å². The van der Waals surface area contributed by atoms with E-state index in [1.165, 1.54) is 0 Å². The Kier molecular flexibility index (Phi) is 5.92. The van der Waals surface area contributed by atoms with Gasteiger partial charge in [-0.1, -0.05) is 19.1 Å². The monoisotopic (exact) mass is 383 g/mol. The van der Waals surface area contributed by atoms with E-state index in [-0.39, 0.29) is 29.4 Å². The molecule has 7 nitrogen and oxygen atoms in total. The van der Waals surface area contributed by atoms with E-state index < -0.39 is 5.97 Å². The summed E-state index contributed by atoms with van der Waals surface area (Å²) in [5, 5.41) is 9.20. The SMILES string of the molecule is CCc1nc(C)c(CC(=O)N2CCC[C@@H](c3cccc(C(=O)O)c3)C2)c(=O)[nH]1. The van der Waals surface area contributed by atoms with Crippen LogP contribution >= 0.6 is 0 Å². The Bertz CT molecular complexity index is 951. The maximum atomic E-state index is 12.8. The average molecular weight is 383 g/mol. The molecule has 0 bridgehead atoms. The van der Waals surface area contributed by atoms with E-state index in [0.717, 1.165) is 18.4 Å². The molecular weight excluding hydrogens is 358 g/mol. The summed E-state index contributed by atoms with van der Waals surface area (Å²) in [6.07, 6.45) is 2.41. The van der Waals surface area contributed by atoms with Crippen LogP contribution in [0.2, 0.25) is 0 Å². The van der Waals surface area contributed by atoms with Crippen molar-refractivity contribution in [3.8, 4) is 0 Å². The van der Waals surface area contributed by atoms with Gasteiger partial charge in [-0.25, -0.2) is 9.78 Å². The number of hydrogen-bond acceptors (Lipinski definition) is 4. The lowest BCUT2D eigenvalue weighted by Gasteiger charge is -2.33. The largest absolute Gasteiger partial charge is 0.478 e. The van der Waals surface area contributed by atoms with E-state index >= 15 is 0 Å². The maximum Gasteiger partial charge on any atom is 0.335 e.